The maximum Gasteiger partial charge on any atom is 0.305 e. The Morgan fingerprint density at radius 3 is 1.29 bits per heavy atom. The lowest BCUT2D eigenvalue weighted by Crippen LogP contribution is -2.14. The van der Waals surface area contributed by atoms with Crippen LogP contribution in [0.3, 0.4) is 0 Å². The van der Waals surface area contributed by atoms with Crippen LogP contribution in [0.4, 0.5) is 0 Å². The van der Waals surface area contributed by atoms with E-state index in [2.05, 4.69) is 20.8 Å². The van der Waals surface area contributed by atoms with Crippen molar-refractivity contribution >= 4 is 5.97 Å². The van der Waals surface area contributed by atoms with Crippen LogP contribution in [0.2, 0.25) is 0 Å². The van der Waals surface area contributed by atoms with Crippen LogP contribution in [-0.4, -0.2) is 12.6 Å². The zero-order valence-corrected chi connectivity index (χ0v) is 21.9. The van der Waals surface area contributed by atoms with Crippen molar-refractivity contribution in [1.29, 1.82) is 0 Å². The summed E-state index contributed by atoms with van der Waals surface area (Å²) in [5.41, 5.74) is 0. The summed E-state index contributed by atoms with van der Waals surface area (Å²) >= 11 is 0. The number of unbranched alkanes of at least 4 members (excludes halogenated alkanes) is 17. The van der Waals surface area contributed by atoms with Gasteiger partial charge < -0.3 is 4.74 Å². The number of esters is 1. The van der Waals surface area contributed by atoms with Gasteiger partial charge in [0.1, 0.15) is 0 Å². The number of ether oxygens (including phenoxy) is 1. The Kier molecular flexibility index (Phi) is 25.3. The molecule has 186 valence electrons. The van der Waals surface area contributed by atoms with Gasteiger partial charge in [-0.15, -0.1) is 0 Å². The summed E-state index contributed by atoms with van der Waals surface area (Å²) in [7, 11) is 0. The van der Waals surface area contributed by atoms with Crippen molar-refractivity contribution in [3.8, 4) is 0 Å². The minimum atomic E-state index is 0.0411. The maximum atomic E-state index is 12.2. The second-order valence-electron chi connectivity index (χ2n) is 9.89. The van der Waals surface area contributed by atoms with Crippen molar-refractivity contribution in [3.05, 3.63) is 0 Å². The van der Waals surface area contributed by atoms with Crippen LogP contribution >= 0.6 is 0 Å². The van der Waals surface area contributed by atoms with Gasteiger partial charge in [0.15, 0.2) is 0 Å². The highest BCUT2D eigenvalue weighted by Crippen LogP contribution is 2.20. The lowest BCUT2D eigenvalue weighted by atomic mass is 9.94. The van der Waals surface area contributed by atoms with Crippen molar-refractivity contribution in [3.63, 3.8) is 0 Å². The van der Waals surface area contributed by atoms with E-state index in [1.54, 1.807) is 0 Å². The van der Waals surface area contributed by atoms with E-state index in [1.165, 1.54) is 135 Å². The van der Waals surface area contributed by atoms with Crippen LogP contribution < -0.4 is 0 Å². The fourth-order valence-electron chi connectivity index (χ4n) is 4.42. The van der Waals surface area contributed by atoms with E-state index in [0.717, 1.165) is 6.42 Å². The molecule has 0 aliphatic carbocycles. The van der Waals surface area contributed by atoms with Gasteiger partial charge in [-0.3, -0.25) is 4.79 Å². The molecule has 31 heavy (non-hydrogen) atoms. The van der Waals surface area contributed by atoms with E-state index >= 15 is 0 Å². The van der Waals surface area contributed by atoms with Gasteiger partial charge in [-0.25, -0.2) is 0 Å². The van der Waals surface area contributed by atoms with Gasteiger partial charge >= 0.3 is 5.97 Å². The highest BCUT2D eigenvalue weighted by Gasteiger charge is 2.12. The van der Waals surface area contributed by atoms with Gasteiger partial charge in [0.25, 0.3) is 0 Å². The summed E-state index contributed by atoms with van der Waals surface area (Å²) in [6.45, 7) is 7.47. The highest BCUT2D eigenvalue weighted by atomic mass is 16.5. The molecule has 0 fully saturated rings. The summed E-state index contributed by atoms with van der Waals surface area (Å²) in [6.07, 6.45) is 29.5. The first-order valence-corrected chi connectivity index (χ1v) is 14.4. The van der Waals surface area contributed by atoms with Crippen LogP contribution in [0.5, 0.6) is 0 Å². The number of hydrogen-bond donors (Lipinski definition) is 0. The highest BCUT2D eigenvalue weighted by molar-refractivity contribution is 5.69. The SMILES string of the molecule is CCCCCCCCCCC(CCCCCCCC)COC(=O)CCCCCCCC. The summed E-state index contributed by atoms with van der Waals surface area (Å²) in [4.78, 5) is 12.2. The standard InChI is InChI=1S/C29H58O2/c1-4-7-10-13-16-17-19-22-25-28(24-21-18-14-11-8-5-2)27-31-29(30)26-23-20-15-12-9-6-3/h28H,4-27H2,1-3H3. The molecule has 0 spiro atoms. The first-order chi connectivity index (χ1) is 15.2. The van der Waals surface area contributed by atoms with Crippen molar-refractivity contribution in [2.24, 2.45) is 5.92 Å². The van der Waals surface area contributed by atoms with Crippen LogP contribution in [0.1, 0.15) is 168 Å². The molecular formula is C29H58O2. The molecule has 1 atom stereocenters. The molecule has 2 heteroatoms. The van der Waals surface area contributed by atoms with Crippen LogP contribution in [0.15, 0.2) is 0 Å². The predicted molar refractivity (Wildman–Crippen MR) is 138 cm³/mol. The molecule has 0 saturated carbocycles. The topological polar surface area (TPSA) is 26.3 Å². The largest absolute Gasteiger partial charge is 0.465 e. The molecule has 0 amide bonds. The van der Waals surface area contributed by atoms with E-state index in [1.807, 2.05) is 0 Å². The second kappa shape index (κ2) is 25.7. The Hall–Kier alpha value is -0.530. The molecule has 1 unspecified atom stereocenters. The summed E-state index contributed by atoms with van der Waals surface area (Å²) in [5.74, 6) is 0.624. The normalized spacial score (nSPS) is 12.2. The molecule has 0 rings (SSSR count). The molecule has 0 bridgehead atoms. The second-order valence-corrected chi connectivity index (χ2v) is 9.89. The van der Waals surface area contributed by atoms with E-state index < -0.39 is 0 Å². The molecule has 0 heterocycles. The fraction of sp³-hybridized carbons (Fsp3) is 0.966. The van der Waals surface area contributed by atoms with Crippen molar-refractivity contribution in [2.45, 2.75) is 168 Å². The first kappa shape index (κ1) is 30.5. The van der Waals surface area contributed by atoms with Gasteiger partial charge in [-0.2, -0.15) is 0 Å². The Bertz CT molecular complexity index is 353. The van der Waals surface area contributed by atoms with Gasteiger partial charge in [0, 0.05) is 6.42 Å². The molecule has 0 aliphatic rings. The minimum absolute atomic E-state index is 0.0411. The molecule has 0 radical (unpaired) electrons. The van der Waals surface area contributed by atoms with E-state index in [-0.39, 0.29) is 5.97 Å². The van der Waals surface area contributed by atoms with Crippen molar-refractivity contribution < 1.29 is 9.53 Å². The third kappa shape index (κ3) is 24.0. The predicted octanol–water partition coefficient (Wildman–Crippen LogP) is 10.2. The van der Waals surface area contributed by atoms with Gasteiger partial charge in [0.2, 0.25) is 0 Å². The third-order valence-corrected chi connectivity index (χ3v) is 6.65. The van der Waals surface area contributed by atoms with Gasteiger partial charge in [-0.05, 0) is 25.2 Å². The zero-order chi connectivity index (χ0) is 22.8. The molecule has 0 aromatic rings. The monoisotopic (exact) mass is 438 g/mol. The first-order valence-electron chi connectivity index (χ1n) is 14.4. The number of carbonyl (C=O) groups excluding carboxylic acids is 1. The van der Waals surface area contributed by atoms with Crippen LogP contribution in [-0.2, 0) is 9.53 Å². The number of carbonyl (C=O) groups is 1. The number of hydrogen-bond acceptors (Lipinski definition) is 2. The Labute approximate surface area is 196 Å². The average molecular weight is 439 g/mol. The summed E-state index contributed by atoms with van der Waals surface area (Å²) in [6, 6.07) is 0. The van der Waals surface area contributed by atoms with Crippen LogP contribution in [0, 0.1) is 5.92 Å². The smallest absolute Gasteiger partial charge is 0.305 e. The van der Waals surface area contributed by atoms with Crippen molar-refractivity contribution in [1.82, 2.24) is 0 Å². The van der Waals surface area contributed by atoms with Gasteiger partial charge in [-0.1, -0.05) is 143 Å². The Morgan fingerprint density at radius 2 is 0.871 bits per heavy atom. The maximum absolute atomic E-state index is 12.2. The summed E-state index contributed by atoms with van der Waals surface area (Å²) in [5, 5.41) is 0. The zero-order valence-electron chi connectivity index (χ0n) is 21.9. The van der Waals surface area contributed by atoms with E-state index in [4.69, 9.17) is 4.74 Å². The molecular weight excluding hydrogens is 380 g/mol. The lowest BCUT2D eigenvalue weighted by Gasteiger charge is -2.17. The third-order valence-electron chi connectivity index (χ3n) is 6.65. The van der Waals surface area contributed by atoms with Crippen molar-refractivity contribution in [2.75, 3.05) is 6.61 Å². The quantitative estimate of drug-likeness (QED) is 0.105. The molecule has 0 aromatic carbocycles. The van der Waals surface area contributed by atoms with Crippen LogP contribution in [0.25, 0.3) is 0 Å². The molecule has 0 aliphatic heterocycles. The molecule has 0 aromatic heterocycles. The minimum Gasteiger partial charge on any atom is -0.465 e. The Morgan fingerprint density at radius 1 is 0.516 bits per heavy atom. The summed E-state index contributed by atoms with van der Waals surface area (Å²) < 4.78 is 5.71. The Balaban J connectivity index is 3.97. The number of rotatable bonds is 25. The molecule has 0 N–H and O–H groups in total. The average Bonchev–Trinajstić information content (AvgIpc) is 2.77. The van der Waals surface area contributed by atoms with E-state index in [9.17, 15) is 4.79 Å². The fourth-order valence-corrected chi connectivity index (χ4v) is 4.42. The molecule has 0 saturated heterocycles. The van der Waals surface area contributed by atoms with E-state index in [0.29, 0.717) is 18.9 Å². The molecule has 2 nitrogen and oxygen atoms in total. The lowest BCUT2D eigenvalue weighted by molar-refractivity contribution is -0.145. The van der Waals surface area contributed by atoms with Gasteiger partial charge in [0.05, 0.1) is 6.61 Å².